The fourth-order valence-corrected chi connectivity index (χ4v) is 2.78. The zero-order chi connectivity index (χ0) is 17.5. The van der Waals surface area contributed by atoms with Crippen molar-refractivity contribution in [3.63, 3.8) is 0 Å². The number of ether oxygens (including phenoxy) is 1. The van der Waals surface area contributed by atoms with Crippen molar-refractivity contribution >= 4 is 5.91 Å². The summed E-state index contributed by atoms with van der Waals surface area (Å²) in [5.74, 6) is 0.354. The Bertz CT molecular complexity index is 761. The lowest BCUT2D eigenvalue weighted by molar-refractivity contribution is 0.0915. The van der Waals surface area contributed by atoms with E-state index in [9.17, 15) is 4.79 Å². The molecule has 0 saturated heterocycles. The number of amides is 1. The van der Waals surface area contributed by atoms with Crippen molar-refractivity contribution in [1.29, 1.82) is 0 Å². The van der Waals surface area contributed by atoms with Gasteiger partial charge in [-0.2, -0.15) is 0 Å². The van der Waals surface area contributed by atoms with Crippen LogP contribution in [0.1, 0.15) is 34.0 Å². The lowest BCUT2D eigenvalue weighted by Crippen LogP contribution is -2.25. The molecule has 1 amide bonds. The molecule has 0 aliphatic rings. The number of methoxy groups -OCH3 is 1. The van der Waals surface area contributed by atoms with Crippen LogP contribution in [0, 0.1) is 0 Å². The van der Waals surface area contributed by atoms with E-state index in [0.29, 0.717) is 6.54 Å². The predicted octanol–water partition coefficient (Wildman–Crippen LogP) is 3.64. The van der Waals surface area contributed by atoms with E-state index in [1.807, 2.05) is 36.4 Å². The standard InChI is InChI=1S/C20H20N2O3/c1-24-19-14-18(25-22-19)20(23)21-13-12-17(15-8-4-2-5-9-15)16-10-6-3-7-11-16/h2-11,14,17H,12-13H2,1H3,(H,21,23). The fourth-order valence-electron chi connectivity index (χ4n) is 2.78. The van der Waals surface area contributed by atoms with Crippen molar-refractivity contribution in [3.8, 4) is 5.88 Å². The number of carbonyl (C=O) groups is 1. The summed E-state index contributed by atoms with van der Waals surface area (Å²) in [7, 11) is 1.48. The first-order chi connectivity index (χ1) is 12.3. The molecule has 0 bridgehead atoms. The Morgan fingerprint density at radius 1 is 1.08 bits per heavy atom. The van der Waals surface area contributed by atoms with Gasteiger partial charge in [0, 0.05) is 12.5 Å². The maximum atomic E-state index is 12.1. The third-order valence-corrected chi connectivity index (χ3v) is 4.04. The Hall–Kier alpha value is -3.08. The van der Waals surface area contributed by atoms with E-state index in [0.717, 1.165) is 6.42 Å². The first-order valence-corrected chi connectivity index (χ1v) is 8.16. The largest absolute Gasteiger partial charge is 0.479 e. The van der Waals surface area contributed by atoms with Crippen molar-refractivity contribution in [2.24, 2.45) is 0 Å². The van der Waals surface area contributed by atoms with Gasteiger partial charge in [0.1, 0.15) is 0 Å². The highest BCUT2D eigenvalue weighted by Crippen LogP contribution is 2.27. The van der Waals surface area contributed by atoms with Gasteiger partial charge in [-0.1, -0.05) is 60.7 Å². The van der Waals surface area contributed by atoms with E-state index < -0.39 is 0 Å². The molecule has 0 radical (unpaired) electrons. The molecule has 5 nitrogen and oxygen atoms in total. The molecule has 0 atom stereocenters. The van der Waals surface area contributed by atoms with Crippen molar-refractivity contribution < 1.29 is 14.1 Å². The van der Waals surface area contributed by atoms with Crippen molar-refractivity contribution in [2.75, 3.05) is 13.7 Å². The SMILES string of the molecule is COc1cc(C(=O)NCCC(c2ccccc2)c2ccccc2)on1. The summed E-state index contributed by atoms with van der Waals surface area (Å²) in [6, 6.07) is 22.1. The van der Waals surface area contributed by atoms with E-state index in [1.54, 1.807) is 0 Å². The van der Waals surface area contributed by atoms with Gasteiger partial charge in [-0.3, -0.25) is 4.79 Å². The minimum Gasteiger partial charge on any atom is -0.479 e. The first-order valence-electron chi connectivity index (χ1n) is 8.16. The Labute approximate surface area is 146 Å². The van der Waals surface area contributed by atoms with Gasteiger partial charge < -0.3 is 14.6 Å². The minimum atomic E-state index is -0.296. The summed E-state index contributed by atoms with van der Waals surface area (Å²) in [5, 5.41) is 6.51. The summed E-state index contributed by atoms with van der Waals surface area (Å²) in [5.41, 5.74) is 2.45. The summed E-state index contributed by atoms with van der Waals surface area (Å²) in [4.78, 5) is 12.1. The highest BCUT2D eigenvalue weighted by atomic mass is 16.5. The molecule has 1 heterocycles. The monoisotopic (exact) mass is 336 g/mol. The summed E-state index contributed by atoms with van der Waals surface area (Å²) >= 11 is 0. The van der Waals surface area contributed by atoms with Gasteiger partial charge in [0.2, 0.25) is 5.76 Å². The lowest BCUT2D eigenvalue weighted by Gasteiger charge is -2.18. The summed E-state index contributed by atoms with van der Waals surface area (Å²) < 4.78 is 9.88. The van der Waals surface area contributed by atoms with E-state index in [1.165, 1.54) is 24.3 Å². The Morgan fingerprint density at radius 2 is 1.68 bits per heavy atom. The van der Waals surface area contributed by atoms with Gasteiger partial charge in [-0.05, 0) is 22.7 Å². The minimum absolute atomic E-state index is 0.146. The van der Waals surface area contributed by atoms with Gasteiger partial charge in [-0.15, -0.1) is 0 Å². The molecular weight excluding hydrogens is 316 g/mol. The fraction of sp³-hybridized carbons (Fsp3) is 0.200. The van der Waals surface area contributed by atoms with Crippen LogP contribution in [0.15, 0.2) is 71.3 Å². The second kappa shape index (κ2) is 8.15. The molecule has 3 aromatic rings. The van der Waals surface area contributed by atoms with E-state index in [2.05, 4.69) is 34.7 Å². The molecule has 2 aromatic carbocycles. The van der Waals surface area contributed by atoms with Crippen LogP contribution >= 0.6 is 0 Å². The Balaban J connectivity index is 1.66. The Kier molecular flexibility index (Phi) is 5.46. The van der Waals surface area contributed by atoms with Gasteiger partial charge in [0.25, 0.3) is 11.8 Å². The number of hydrogen-bond donors (Lipinski definition) is 1. The van der Waals surface area contributed by atoms with Crippen LogP contribution in [-0.4, -0.2) is 24.7 Å². The van der Waals surface area contributed by atoms with E-state index in [4.69, 9.17) is 9.26 Å². The average Bonchev–Trinajstić information content (AvgIpc) is 3.16. The third-order valence-electron chi connectivity index (χ3n) is 4.04. The number of nitrogens with one attached hydrogen (secondary N) is 1. The van der Waals surface area contributed by atoms with Crippen molar-refractivity contribution in [2.45, 2.75) is 12.3 Å². The molecule has 0 aliphatic carbocycles. The van der Waals surface area contributed by atoms with Gasteiger partial charge in [-0.25, -0.2) is 0 Å². The maximum Gasteiger partial charge on any atom is 0.290 e. The lowest BCUT2D eigenvalue weighted by atomic mass is 9.88. The van der Waals surface area contributed by atoms with Crippen molar-refractivity contribution in [1.82, 2.24) is 10.5 Å². The van der Waals surface area contributed by atoms with Gasteiger partial charge in [0.15, 0.2) is 0 Å². The zero-order valence-corrected chi connectivity index (χ0v) is 14.0. The number of hydrogen-bond acceptors (Lipinski definition) is 4. The van der Waals surface area contributed by atoms with Crippen LogP contribution in [0.5, 0.6) is 5.88 Å². The number of nitrogens with zero attached hydrogens (tertiary/aromatic N) is 1. The molecule has 0 unspecified atom stereocenters. The molecule has 0 aliphatic heterocycles. The van der Waals surface area contributed by atoms with Crippen LogP contribution in [0.4, 0.5) is 0 Å². The molecule has 25 heavy (non-hydrogen) atoms. The van der Waals surface area contributed by atoms with Crippen LogP contribution in [-0.2, 0) is 0 Å². The second-order valence-corrected chi connectivity index (χ2v) is 5.65. The first kappa shape index (κ1) is 16.8. The van der Waals surface area contributed by atoms with Gasteiger partial charge in [0.05, 0.1) is 13.2 Å². The highest BCUT2D eigenvalue weighted by molar-refractivity contribution is 5.91. The normalized spacial score (nSPS) is 10.6. The number of rotatable bonds is 7. The molecule has 1 aromatic heterocycles. The van der Waals surface area contributed by atoms with Crippen LogP contribution in [0.2, 0.25) is 0 Å². The van der Waals surface area contributed by atoms with E-state index >= 15 is 0 Å². The van der Waals surface area contributed by atoms with Crippen LogP contribution in [0.3, 0.4) is 0 Å². The topological polar surface area (TPSA) is 64.4 Å². The highest BCUT2D eigenvalue weighted by Gasteiger charge is 2.16. The average molecular weight is 336 g/mol. The van der Waals surface area contributed by atoms with Crippen LogP contribution < -0.4 is 10.1 Å². The molecule has 3 rings (SSSR count). The molecule has 0 saturated carbocycles. The van der Waals surface area contributed by atoms with Crippen molar-refractivity contribution in [3.05, 3.63) is 83.6 Å². The molecule has 128 valence electrons. The van der Waals surface area contributed by atoms with Gasteiger partial charge >= 0.3 is 0 Å². The Morgan fingerprint density at radius 3 is 2.20 bits per heavy atom. The molecule has 5 heteroatoms. The molecule has 0 fully saturated rings. The number of benzene rings is 2. The van der Waals surface area contributed by atoms with E-state index in [-0.39, 0.29) is 23.5 Å². The third kappa shape index (κ3) is 4.26. The summed E-state index contributed by atoms with van der Waals surface area (Å²) in [6.45, 7) is 0.524. The smallest absolute Gasteiger partial charge is 0.290 e. The second-order valence-electron chi connectivity index (χ2n) is 5.65. The molecule has 0 spiro atoms. The van der Waals surface area contributed by atoms with Crippen LogP contribution in [0.25, 0.3) is 0 Å². The number of aromatic nitrogens is 1. The maximum absolute atomic E-state index is 12.1. The predicted molar refractivity (Wildman–Crippen MR) is 94.7 cm³/mol. The molecule has 1 N–H and O–H groups in total. The molecular formula is C20H20N2O3. The summed E-state index contributed by atoms with van der Waals surface area (Å²) in [6.07, 6.45) is 0.783. The number of carbonyl (C=O) groups excluding carboxylic acids is 1. The quantitative estimate of drug-likeness (QED) is 0.715. The zero-order valence-electron chi connectivity index (χ0n) is 14.0.